The van der Waals surface area contributed by atoms with Gasteiger partial charge >= 0.3 is 0 Å². The number of rotatable bonds is 8. The Bertz CT molecular complexity index is 941. The van der Waals surface area contributed by atoms with Gasteiger partial charge < -0.3 is 0 Å². The van der Waals surface area contributed by atoms with Gasteiger partial charge in [0.05, 0.1) is 0 Å². The van der Waals surface area contributed by atoms with Gasteiger partial charge in [0.25, 0.3) is 0 Å². The Balaban J connectivity index is 1.36. The summed E-state index contributed by atoms with van der Waals surface area (Å²) >= 11 is 9.75. The highest BCUT2D eigenvalue weighted by Crippen LogP contribution is 2.53. The van der Waals surface area contributed by atoms with Crippen molar-refractivity contribution in [1.82, 2.24) is 0 Å². The second-order valence-electron chi connectivity index (χ2n) is 6.85. The van der Waals surface area contributed by atoms with Crippen molar-refractivity contribution < 1.29 is 0 Å². The minimum atomic E-state index is 0.566. The lowest BCUT2D eigenvalue weighted by Crippen LogP contribution is -1.95. The lowest BCUT2D eigenvalue weighted by Gasteiger charge is -2.12. The molecule has 146 valence electrons. The van der Waals surface area contributed by atoms with E-state index < -0.39 is 0 Å². The molecule has 0 N–H and O–H groups in total. The molecule has 0 fully saturated rings. The number of hydrogen-bond acceptors (Lipinski definition) is 5. The van der Waals surface area contributed by atoms with Crippen molar-refractivity contribution in [3.63, 3.8) is 0 Å². The predicted octanol–water partition coefficient (Wildman–Crippen LogP) is 9.08. The fourth-order valence-corrected chi connectivity index (χ4v) is 8.84. The summed E-state index contributed by atoms with van der Waals surface area (Å²) in [6, 6.07) is 13.7. The van der Waals surface area contributed by atoms with Crippen LogP contribution in [0.2, 0.25) is 0 Å². The van der Waals surface area contributed by atoms with Gasteiger partial charge in [0, 0.05) is 46.7 Å². The second kappa shape index (κ2) is 9.86. The smallest absolute Gasteiger partial charge is 0.0499 e. The van der Waals surface area contributed by atoms with Crippen LogP contribution >= 0.6 is 57.5 Å². The fraction of sp³-hybridized carbons (Fsp3) is 0.304. The number of thioether (sulfide) groups is 2. The Morgan fingerprint density at radius 2 is 1.86 bits per heavy atom. The Labute approximate surface area is 188 Å². The van der Waals surface area contributed by atoms with Crippen molar-refractivity contribution in [3.05, 3.63) is 83.7 Å². The van der Waals surface area contributed by atoms with Crippen LogP contribution in [-0.4, -0.2) is 0 Å². The molecule has 3 aromatic rings. The SMILES string of the molecule is CC/C=C\SCc1ccc(Cc2ccc(C3SC(c4cccs4)=CC3C)s2)s1. The summed E-state index contributed by atoms with van der Waals surface area (Å²) in [6.07, 6.45) is 6.87. The minimum Gasteiger partial charge on any atom is -0.144 e. The first-order chi connectivity index (χ1) is 13.7. The Morgan fingerprint density at radius 1 is 1.04 bits per heavy atom. The van der Waals surface area contributed by atoms with E-state index in [1.807, 2.05) is 57.5 Å². The first-order valence-electron chi connectivity index (χ1n) is 9.58. The van der Waals surface area contributed by atoms with Crippen molar-refractivity contribution in [3.8, 4) is 0 Å². The second-order valence-corrected chi connectivity index (χ2v) is 12.3. The van der Waals surface area contributed by atoms with E-state index >= 15 is 0 Å². The van der Waals surface area contributed by atoms with Crippen molar-refractivity contribution in [1.29, 1.82) is 0 Å². The molecule has 0 saturated carbocycles. The van der Waals surface area contributed by atoms with Gasteiger partial charge in [0.1, 0.15) is 0 Å². The molecule has 0 spiro atoms. The first-order valence-corrected chi connectivity index (χ1v) is 14.0. The highest BCUT2D eigenvalue weighted by molar-refractivity contribution is 8.09. The maximum Gasteiger partial charge on any atom is 0.0499 e. The van der Waals surface area contributed by atoms with Gasteiger partial charge in [-0.05, 0) is 53.5 Å². The topological polar surface area (TPSA) is 0 Å². The molecule has 0 radical (unpaired) electrons. The molecule has 0 bridgehead atoms. The number of allylic oxidation sites excluding steroid dienone is 2. The molecule has 0 aliphatic carbocycles. The van der Waals surface area contributed by atoms with Crippen molar-refractivity contribution >= 4 is 62.4 Å². The van der Waals surface area contributed by atoms with Gasteiger partial charge in [-0.25, -0.2) is 0 Å². The molecule has 1 aliphatic rings. The number of thiophene rings is 3. The average Bonchev–Trinajstić information content (AvgIpc) is 3.46. The Morgan fingerprint density at radius 3 is 2.68 bits per heavy atom. The molecule has 0 nitrogen and oxygen atoms in total. The monoisotopic (exact) mass is 460 g/mol. The van der Waals surface area contributed by atoms with E-state index in [4.69, 9.17) is 0 Å². The lowest BCUT2D eigenvalue weighted by atomic mass is 10.1. The summed E-state index contributed by atoms with van der Waals surface area (Å²) in [5, 5.41) is 4.96. The minimum absolute atomic E-state index is 0.566. The van der Waals surface area contributed by atoms with E-state index in [2.05, 4.69) is 73.2 Å². The maximum atomic E-state index is 2.46. The Hall–Kier alpha value is -0.720. The molecule has 0 aromatic carbocycles. The van der Waals surface area contributed by atoms with E-state index in [0.717, 1.165) is 18.6 Å². The van der Waals surface area contributed by atoms with Gasteiger partial charge in [-0.15, -0.1) is 57.5 Å². The standard InChI is InChI=1S/C23H24S5/c1-3-4-11-24-15-19-8-7-17(26-19)14-18-9-10-21(27-18)23-16(2)13-22(28-23)20-6-5-12-25-20/h4-13,16,23H,3,14-15H2,1-2H3/b11-4-. The largest absolute Gasteiger partial charge is 0.144 e. The third kappa shape index (κ3) is 5.06. The van der Waals surface area contributed by atoms with E-state index in [1.165, 1.54) is 29.3 Å². The van der Waals surface area contributed by atoms with Crippen LogP contribution in [0.4, 0.5) is 0 Å². The summed E-state index contributed by atoms with van der Waals surface area (Å²) < 4.78 is 0. The predicted molar refractivity (Wildman–Crippen MR) is 134 cm³/mol. The molecular weight excluding hydrogens is 437 g/mol. The van der Waals surface area contributed by atoms with Gasteiger partial charge in [-0.2, -0.15) is 0 Å². The van der Waals surface area contributed by atoms with E-state index in [0.29, 0.717) is 11.2 Å². The maximum absolute atomic E-state index is 2.46. The van der Waals surface area contributed by atoms with Gasteiger partial charge in [0.2, 0.25) is 0 Å². The molecule has 4 rings (SSSR count). The first kappa shape index (κ1) is 20.5. The van der Waals surface area contributed by atoms with Gasteiger partial charge in [-0.1, -0.05) is 32.1 Å². The lowest BCUT2D eigenvalue weighted by molar-refractivity contribution is 0.729. The normalized spacial score (nSPS) is 19.6. The molecule has 0 saturated heterocycles. The third-order valence-corrected chi connectivity index (χ3v) is 10.6. The van der Waals surface area contributed by atoms with Crippen molar-refractivity contribution in [2.75, 3.05) is 0 Å². The van der Waals surface area contributed by atoms with Gasteiger partial charge in [-0.3, -0.25) is 0 Å². The van der Waals surface area contributed by atoms with E-state index in [9.17, 15) is 0 Å². The molecule has 3 aromatic heterocycles. The van der Waals surface area contributed by atoms with Crippen LogP contribution in [0.5, 0.6) is 0 Å². The zero-order chi connectivity index (χ0) is 19.3. The summed E-state index contributed by atoms with van der Waals surface area (Å²) in [6.45, 7) is 4.54. The van der Waals surface area contributed by atoms with Crippen molar-refractivity contribution in [2.45, 2.75) is 37.7 Å². The van der Waals surface area contributed by atoms with Gasteiger partial charge in [0.15, 0.2) is 0 Å². The third-order valence-electron chi connectivity index (χ3n) is 4.59. The van der Waals surface area contributed by atoms with Crippen LogP contribution in [0, 0.1) is 5.92 Å². The molecule has 2 atom stereocenters. The van der Waals surface area contributed by atoms with Crippen molar-refractivity contribution in [2.24, 2.45) is 5.92 Å². The zero-order valence-corrected chi connectivity index (χ0v) is 20.2. The molecule has 1 aliphatic heterocycles. The molecule has 0 amide bonds. The van der Waals surface area contributed by atoms with E-state index in [1.54, 1.807) is 0 Å². The van der Waals surface area contributed by atoms with Crippen LogP contribution in [0.25, 0.3) is 4.91 Å². The molecular formula is C23H24S5. The summed E-state index contributed by atoms with van der Waals surface area (Å²) in [5.74, 6) is 1.68. The molecule has 4 heterocycles. The van der Waals surface area contributed by atoms with E-state index in [-0.39, 0.29) is 0 Å². The van der Waals surface area contributed by atoms with Crippen LogP contribution in [0.3, 0.4) is 0 Å². The number of hydrogen-bond donors (Lipinski definition) is 0. The summed E-state index contributed by atoms with van der Waals surface area (Å²) in [7, 11) is 0. The zero-order valence-electron chi connectivity index (χ0n) is 16.1. The molecule has 2 unspecified atom stereocenters. The van der Waals surface area contributed by atoms with Crippen LogP contribution in [0.15, 0.2) is 59.3 Å². The summed E-state index contributed by atoms with van der Waals surface area (Å²) in [4.78, 5) is 8.83. The highest BCUT2D eigenvalue weighted by Gasteiger charge is 2.28. The van der Waals surface area contributed by atoms with Crippen LogP contribution < -0.4 is 0 Å². The summed E-state index contributed by atoms with van der Waals surface area (Å²) in [5.41, 5.74) is 0. The molecule has 5 heteroatoms. The fourth-order valence-electron chi connectivity index (χ4n) is 3.19. The molecule has 28 heavy (non-hydrogen) atoms. The average molecular weight is 461 g/mol. The Kier molecular flexibility index (Phi) is 7.23. The van der Waals surface area contributed by atoms with Crippen LogP contribution in [0.1, 0.15) is 49.9 Å². The quantitative estimate of drug-likeness (QED) is 0.329. The highest BCUT2D eigenvalue weighted by atomic mass is 32.2. The van der Waals surface area contributed by atoms with Crippen LogP contribution in [-0.2, 0) is 12.2 Å².